The van der Waals surface area contributed by atoms with Crippen LogP contribution in [0.15, 0.2) is 60.7 Å². The average Bonchev–Trinajstić information content (AvgIpc) is 2.86. The minimum Gasteiger partial charge on any atom is -0.206 e. The molecule has 0 fully saturated rings. The molecule has 0 saturated carbocycles. The Bertz CT molecular complexity index is 1160. The minimum absolute atomic E-state index is 0.228. The van der Waals surface area contributed by atoms with Gasteiger partial charge >= 0.3 is 0 Å². The average molecular weight is 463 g/mol. The first-order valence-electron chi connectivity index (χ1n) is 12.6. The van der Waals surface area contributed by atoms with Gasteiger partial charge in [-0.05, 0) is 71.9 Å². The zero-order valence-corrected chi connectivity index (χ0v) is 20.1. The third-order valence-electron chi connectivity index (χ3n) is 7.03. The normalized spacial score (nSPS) is 15.9. The van der Waals surface area contributed by atoms with E-state index in [1.165, 1.54) is 24.8 Å². The summed E-state index contributed by atoms with van der Waals surface area (Å²) in [6, 6.07) is 15.7. The number of aryl methyl sites for hydroxylation is 1. The highest BCUT2D eigenvalue weighted by atomic mass is 19.2. The molecule has 0 N–H and O–H groups in total. The molecular formula is C31H33F3. The van der Waals surface area contributed by atoms with Gasteiger partial charge in [-0.25, -0.2) is 13.2 Å². The van der Waals surface area contributed by atoms with Crippen LogP contribution in [0.4, 0.5) is 13.2 Å². The van der Waals surface area contributed by atoms with Crippen molar-refractivity contribution in [1.29, 1.82) is 0 Å². The van der Waals surface area contributed by atoms with Crippen LogP contribution in [0.3, 0.4) is 0 Å². The Hall–Kier alpha value is -2.81. The van der Waals surface area contributed by atoms with Crippen molar-refractivity contribution in [2.45, 2.75) is 65.2 Å². The van der Waals surface area contributed by atoms with E-state index in [-0.39, 0.29) is 11.4 Å². The van der Waals surface area contributed by atoms with E-state index in [2.05, 4.69) is 13.0 Å². The van der Waals surface area contributed by atoms with E-state index in [1.807, 2.05) is 19.1 Å². The molecule has 0 heterocycles. The SMILES string of the molecule is CCCCc1ccc(-c2ccc(-c3ccc(C4=CCC(CCC)CC4)cc3F)cc2)c(F)c1F. The lowest BCUT2D eigenvalue weighted by Crippen LogP contribution is -2.05. The van der Waals surface area contributed by atoms with Gasteiger partial charge in [-0.1, -0.05) is 87.7 Å². The zero-order valence-electron chi connectivity index (χ0n) is 20.1. The summed E-state index contributed by atoms with van der Waals surface area (Å²) < 4.78 is 44.2. The van der Waals surface area contributed by atoms with Gasteiger partial charge in [0.2, 0.25) is 0 Å². The third kappa shape index (κ3) is 5.29. The van der Waals surface area contributed by atoms with Crippen molar-refractivity contribution in [1.82, 2.24) is 0 Å². The van der Waals surface area contributed by atoms with Crippen LogP contribution >= 0.6 is 0 Å². The fraction of sp³-hybridized carbons (Fsp3) is 0.355. The predicted octanol–water partition coefficient (Wildman–Crippen LogP) is 9.76. The Labute approximate surface area is 201 Å². The Morgan fingerprint density at radius 1 is 0.765 bits per heavy atom. The molecule has 1 atom stereocenters. The molecule has 1 unspecified atom stereocenters. The van der Waals surface area contributed by atoms with E-state index >= 15 is 4.39 Å². The van der Waals surface area contributed by atoms with Crippen molar-refractivity contribution in [3.8, 4) is 22.3 Å². The molecule has 0 aliphatic heterocycles. The highest BCUT2D eigenvalue weighted by molar-refractivity contribution is 5.74. The number of hydrogen-bond donors (Lipinski definition) is 0. The molecule has 0 bridgehead atoms. The fourth-order valence-corrected chi connectivity index (χ4v) is 4.97. The van der Waals surface area contributed by atoms with Crippen molar-refractivity contribution < 1.29 is 13.2 Å². The highest BCUT2D eigenvalue weighted by Crippen LogP contribution is 2.35. The van der Waals surface area contributed by atoms with E-state index in [4.69, 9.17) is 0 Å². The van der Waals surface area contributed by atoms with Gasteiger partial charge < -0.3 is 0 Å². The van der Waals surface area contributed by atoms with Gasteiger partial charge in [0.15, 0.2) is 11.6 Å². The van der Waals surface area contributed by atoms with E-state index < -0.39 is 11.6 Å². The molecule has 3 aromatic rings. The number of unbranched alkanes of at least 4 members (excludes halogenated alkanes) is 1. The van der Waals surface area contributed by atoms with Crippen molar-refractivity contribution in [3.63, 3.8) is 0 Å². The summed E-state index contributed by atoms with van der Waals surface area (Å²) in [6.45, 7) is 4.25. The Balaban J connectivity index is 1.53. The molecule has 1 aliphatic rings. The second kappa shape index (κ2) is 11.1. The lowest BCUT2D eigenvalue weighted by atomic mass is 9.84. The van der Waals surface area contributed by atoms with Crippen LogP contribution in [0.25, 0.3) is 27.8 Å². The van der Waals surface area contributed by atoms with E-state index in [0.717, 1.165) is 37.2 Å². The summed E-state index contributed by atoms with van der Waals surface area (Å²) in [4.78, 5) is 0. The maximum absolute atomic E-state index is 15.0. The molecule has 178 valence electrons. The third-order valence-corrected chi connectivity index (χ3v) is 7.03. The standard InChI is InChI=1S/C31H33F3/c1-3-5-7-25-16-19-28(31(34)30(25)33)24-14-12-23(13-15-24)27-18-17-26(20-29(27)32)22-10-8-21(6-4-2)9-11-22/h10,12-21H,3-9,11H2,1-2H3. The second-order valence-electron chi connectivity index (χ2n) is 9.43. The monoisotopic (exact) mass is 462 g/mol. The number of halogens is 3. The molecule has 0 spiro atoms. The predicted molar refractivity (Wildman–Crippen MR) is 136 cm³/mol. The zero-order chi connectivity index (χ0) is 24.1. The lowest BCUT2D eigenvalue weighted by Gasteiger charge is -2.22. The van der Waals surface area contributed by atoms with Crippen molar-refractivity contribution in [2.75, 3.05) is 0 Å². The van der Waals surface area contributed by atoms with Gasteiger partial charge in [0, 0.05) is 11.1 Å². The van der Waals surface area contributed by atoms with Gasteiger partial charge in [0.1, 0.15) is 5.82 Å². The van der Waals surface area contributed by atoms with Gasteiger partial charge in [-0.2, -0.15) is 0 Å². The summed E-state index contributed by atoms with van der Waals surface area (Å²) in [5, 5.41) is 0. The summed E-state index contributed by atoms with van der Waals surface area (Å²) in [6.07, 6.45) is 10.3. The first-order valence-corrected chi connectivity index (χ1v) is 12.6. The molecule has 1 aliphatic carbocycles. The van der Waals surface area contributed by atoms with E-state index in [1.54, 1.807) is 42.5 Å². The quantitative estimate of drug-likeness (QED) is 0.312. The molecule has 0 radical (unpaired) electrons. The van der Waals surface area contributed by atoms with Crippen LogP contribution in [-0.2, 0) is 6.42 Å². The Kier molecular flexibility index (Phi) is 7.92. The van der Waals surface area contributed by atoms with Crippen LogP contribution in [0.2, 0.25) is 0 Å². The highest BCUT2D eigenvalue weighted by Gasteiger charge is 2.17. The molecule has 4 rings (SSSR count). The molecule has 0 amide bonds. The van der Waals surface area contributed by atoms with Crippen LogP contribution < -0.4 is 0 Å². The van der Waals surface area contributed by atoms with Crippen LogP contribution in [-0.4, -0.2) is 0 Å². The van der Waals surface area contributed by atoms with Gasteiger partial charge in [-0.15, -0.1) is 0 Å². The summed E-state index contributed by atoms with van der Waals surface area (Å²) in [5.41, 5.74) is 4.63. The summed E-state index contributed by atoms with van der Waals surface area (Å²) in [5.74, 6) is -1.10. The largest absolute Gasteiger partial charge is 0.206 e. The number of hydrogen-bond acceptors (Lipinski definition) is 0. The smallest absolute Gasteiger partial charge is 0.166 e. The maximum Gasteiger partial charge on any atom is 0.166 e. The van der Waals surface area contributed by atoms with E-state index in [9.17, 15) is 8.78 Å². The van der Waals surface area contributed by atoms with Gasteiger partial charge in [-0.3, -0.25) is 0 Å². The molecule has 0 nitrogen and oxygen atoms in total. The summed E-state index contributed by atoms with van der Waals surface area (Å²) in [7, 11) is 0. The first-order chi connectivity index (χ1) is 16.5. The number of allylic oxidation sites excluding steroid dienone is 2. The van der Waals surface area contributed by atoms with Gasteiger partial charge in [0.05, 0.1) is 0 Å². The number of rotatable bonds is 8. The van der Waals surface area contributed by atoms with Crippen molar-refractivity contribution in [3.05, 3.63) is 89.3 Å². The molecule has 0 saturated heterocycles. The Morgan fingerprint density at radius 3 is 2.06 bits per heavy atom. The van der Waals surface area contributed by atoms with Crippen molar-refractivity contribution >= 4 is 5.57 Å². The molecule has 3 heteroatoms. The van der Waals surface area contributed by atoms with Gasteiger partial charge in [0.25, 0.3) is 0 Å². The van der Waals surface area contributed by atoms with Crippen molar-refractivity contribution in [2.24, 2.45) is 5.92 Å². The lowest BCUT2D eigenvalue weighted by molar-refractivity contribution is 0.445. The van der Waals surface area contributed by atoms with Crippen LogP contribution in [0.5, 0.6) is 0 Å². The molecule has 0 aromatic heterocycles. The van der Waals surface area contributed by atoms with E-state index in [0.29, 0.717) is 28.7 Å². The molecule has 34 heavy (non-hydrogen) atoms. The molecular weight excluding hydrogens is 429 g/mol. The summed E-state index contributed by atoms with van der Waals surface area (Å²) >= 11 is 0. The number of benzene rings is 3. The first kappa shape index (κ1) is 24.3. The minimum atomic E-state index is -0.821. The topological polar surface area (TPSA) is 0 Å². The second-order valence-corrected chi connectivity index (χ2v) is 9.43. The fourth-order valence-electron chi connectivity index (χ4n) is 4.97. The molecule has 3 aromatic carbocycles. The van der Waals surface area contributed by atoms with Crippen LogP contribution in [0, 0.1) is 23.4 Å². The maximum atomic E-state index is 15.0. The Morgan fingerprint density at radius 2 is 1.44 bits per heavy atom. The van der Waals surface area contributed by atoms with Crippen LogP contribution in [0.1, 0.15) is 69.9 Å².